The predicted molar refractivity (Wildman–Crippen MR) is 56.4 cm³/mol. The summed E-state index contributed by atoms with van der Waals surface area (Å²) in [6.07, 6.45) is 4.08. The number of carbonyl (C=O) groups excluding carboxylic acids is 1. The summed E-state index contributed by atoms with van der Waals surface area (Å²) in [7, 11) is 0. The summed E-state index contributed by atoms with van der Waals surface area (Å²) in [6.45, 7) is 6.47. The molecule has 0 aromatic carbocycles. The Balaban J connectivity index is 2.02. The Kier molecular flexibility index (Phi) is 2.59. The minimum atomic E-state index is -0.199. The molecule has 3 heteroatoms. The Morgan fingerprint density at radius 1 is 1.67 bits per heavy atom. The molecule has 0 aromatic rings. The van der Waals surface area contributed by atoms with Gasteiger partial charge in [-0.25, -0.2) is 0 Å². The Labute approximate surface area is 90.4 Å². The van der Waals surface area contributed by atoms with Gasteiger partial charge >= 0.3 is 5.97 Å². The van der Waals surface area contributed by atoms with Crippen LogP contribution < -0.4 is 0 Å². The van der Waals surface area contributed by atoms with Gasteiger partial charge in [0.2, 0.25) is 0 Å². The van der Waals surface area contributed by atoms with E-state index in [1.807, 2.05) is 6.92 Å². The Hall–Kier alpha value is -0.830. The zero-order chi connectivity index (χ0) is 11.1. The first-order valence-electron chi connectivity index (χ1n) is 5.49. The highest BCUT2D eigenvalue weighted by atomic mass is 16.6. The van der Waals surface area contributed by atoms with Gasteiger partial charge in [0.05, 0.1) is 12.2 Å². The molecule has 2 rings (SSSR count). The number of rotatable bonds is 2. The van der Waals surface area contributed by atoms with E-state index in [1.165, 1.54) is 12.5 Å². The highest BCUT2D eigenvalue weighted by Crippen LogP contribution is 2.42. The number of epoxide rings is 1. The minimum absolute atomic E-state index is 0.0373. The van der Waals surface area contributed by atoms with Crippen molar-refractivity contribution in [2.75, 3.05) is 6.61 Å². The largest absolute Gasteiger partial charge is 0.458 e. The molecule has 1 fully saturated rings. The van der Waals surface area contributed by atoms with E-state index < -0.39 is 0 Å². The van der Waals surface area contributed by atoms with Crippen molar-refractivity contribution in [1.29, 1.82) is 0 Å². The number of esters is 1. The number of hydrogen-bond acceptors (Lipinski definition) is 3. The van der Waals surface area contributed by atoms with Gasteiger partial charge in [-0.15, -0.1) is 0 Å². The highest BCUT2D eigenvalue weighted by Gasteiger charge is 2.48. The molecule has 1 heterocycles. The summed E-state index contributed by atoms with van der Waals surface area (Å²) < 4.78 is 10.7. The minimum Gasteiger partial charge on any atom is -0.458 e. The van der Waals surface area contributed by atoms with E-state index in [-0.39, 0.29) is 17.7 Å². The van der Waals surface area contributed by atoms with E-state index in [1.54, 1.807) is 0 Å². The average Bonchev–Trinajstić information content (AvgIpc) is 2.88. The summed E-state index contributed by atoms with van der Waals surface area (Å²) in [4.78, 5) is 10.9. The van der Waals surface area contributed by atoms with Gasteiger partial charge in [0, 0.05) is 6.92 Å². The molecule has 0 saturated carbocycles. The van der Waals surface area contributed by atoms with Crippen molar-refractivity contribution in [2.45, 2.75) is 45.3 Å². The monoisotopic (exact) mass is 210 g/mol. The summed E-state index contributed by atoms with van der Waals surface area (Å²) >= 11 is 0. The van der Waals surface area contributed by atoms with Crippen molar-refractivity contribution >= 4 is 5.97 Å². The third-order valence-corrected chi connectivity index (χ3v) is 3.50. The van der Waals surface area contributed by atoms with Crippen molar-refractivity contribution in [1.82, 2.24) is 0 Å². The molecule has 0 bridgehead atoms. The van der Waals surface area contributed by atoms with Crippen LogP contribution in [0.25, 0.3) is 0 Å². The van der Waals surface area contributed by atoms with Gasteiger partial charge in [0.25, 0.3) is 0 Å². The summed E-state index contributed by atoms with van der Waals surface area (Å²) in [5, 5.41) is 0. The standard InChI is InChI=1S/C12H18O3/c1-8-4-5-10(12(3)7-14-12)6-11(8)15-9(2)13/h4,10-11H,5-7H2,1-3H3. The Morgan fingerprint density at radius 3 is 2.87 bits per heavy atom. The smallest absolute Gasteiger partial charge is 0.303 e. The number of ether oxygens (including phenoxy) is 2. The van der Waals surface area contributed by atoms with Crippen LogP contribution in [0.2, 0.25) is 0 Å². The fraction of sp³-hybridized carbons (Fsp3) is 0.750. The van der Waals surface area contributed by atoms with Crippen LogP contribution in [0.15, 0.2) is 11.6 Å². The molecule has 3 nitrogen and oxygen atoms in total. The van der Waals surface area contributed by atoms with E-state index in [0.29, 0.717) is 5.92 Å². The molecule has 1 saturated heterocycles. The summed E-state index contributed by atoms with van der Waals surface area (Å²) in [6, 6.07) is 0. The van der Waals surface area contributed by atoms with E-state index >= 15 is 0 Å². The maximum Gasteiger partial charge on any atom is 0.303 e. The molecule has 2 aliphatic rings. The molecular formula is C12H18O3. The topological polar surface area (TPSA) is 38.8 Å². The molecule has 0 radical (unpaired) electrons. The van der Waals surface area contributed by atoms with E-state index in [0.717, 1.165) is 19.4 Å². The van der Waals surface area contributed by atoms with Crippen LogP contribution >= 0.6 is 0 Å². The first-order chi connectivity index (χ1) is 7.01. The van der Waals surface area contributed by atoms with Gasteiger partial charge in [0.1, 0.15) is 6.10 Å². The lowest BCUT2D eigenvalue weighted by atomic mass is 9.80. The molecule has 84 valence electrons. The van der Waals surface area contributed by atoms with E-state index in [9.17, 15) is 4.79 Å². The van der Waals surface area contributed by atoms with Crippen molar-refractivity contribution in [3.05, 3.63) is 11.6 Å². The fourth-order valence-electron chi connectivity index (χ4n) is 2.19. The third-order valence-electron chi connectivity index (χ3n) is 3.50. The third kappa shape index (κ3) is 2.23. The Morgan fingerprint density at radius 2 is 2.33 bits per heavy atom. The molecule has 0 spiro atoms. The van der Waals surface area contributed by atoms with E-state index in [2.05, 4.69) is 13.0 Å². The van der Waals surface area contributed by atoms with Crippen LogP contribution in [-0.2, 0) is 14.3 Å². The zero-order valence-corrected chi connectivity index (χ0v) is 9.58. The van der Waals surface area contributed by atoms with Crippen molar-refractivity contribution in [2.24, 2.45) is 5.92 Å². The molecule has 3 atom stereocenters. The van der Waals surface area contributed by atoms with Crippen LogP contribution in [0, 0.1) is 5.92 Å². The van der Waals surface area contributed by atoms with Crippen LogP contribution in [0.5, 0.6) is 0 Å². The SMILES string of the molecule is CC(=O)OC1CC(C2(C)CO2)CC=C1C. The molecule has 15 heavy (non-hydrogen) atoms. The lowest BCUT2D eigenvalue weighted by Gasteiger charge is -2.30. The van der Waals surface area contributed by atoms with Crippen molar-refractivity contribution in [3.8, 4) is 0 Å². The van der Waals surface area contributed by atoms with Crippen molar-refractivity contribution < 1.29 is 14.3 Å². The first-order valence-corrected chi connectivity index (χ1v) is 5.49. The van der Waals surface area contributed by atoms with Gasteiger partial charge in [-0.1, -0.05) is 6.08 Å². The molecule has 0 N–H and O–H groups in total. The lowest BCUT2D eigenvalue weighted by molar-refractivity contribution is -0.145. The Bertz CT molecular complexity index is 302. The van der Waals surface area contributed by atoms with Crippen LogP contribution in [0.3, 0.4) is 0 Å². The van der Waals surface area contributed by atoms with Gasteiger partial charge < -0.3 is 9.47 Å². The molecular weight excluding hydrogens is 192 g/mol. The number of carbonyl (C=O) groups is 1. The zero-order valence-electron chi connectivity index (χ0n) is 9.58. The second-order valence-electron chi connectivity index (χ2n) is 4.82. The number of allylic oxidation sites excluding steroid dienone is 1. The molecule has 1 aliphatic carbocycles. The van der Waals surface area contributed by atoms with Crippen LogP contribution in [0.4, 0.5) is 0 Å². The first kappa shape index (κ1) is 10.7. The average molecular weight is 210 g/mol. The van der Waals surface area contributed by atoms with E-state index in [4.69, 9.17) is 9.47 Å². The molecule has 3 unspecified atom stereocenters. The second-order valence-corrected chi connectivity index (χ2v) is 4.82. The maximum absolute atomic E-state index is 10.9. The van der Waals surface area contributed by atoms with Gasteiger partial charge in [0.15, 0.2) is 0 Å². The number of hydrogen-bond donors (Lipinski definition) is 0. The fourth-order valence-corrected chi connectivity index (χ4v) is 2.19. The molecule has 0 amide bonds. The summed E-state index contributed by atoms with van der Waals surface area (Å²) in [5.74, 6) is 0.292. The highest BCUT2D eigenvalue weighted by molar-refractivity contribution is 5.66. The molecule has 1 aliphatic heterocycles. The van der Waals surface area contributed by atoms with Crippen LogP contribution in [0.1, 0.15) is 33.6 Å². The predicted octanol–water partition coefficient (Wildman–Crippen LogP) is 2.06. The van der Waals surface area contributed by atoms with Gasteiger partial charge in [-0.2, -0.15) is 0 Å². The summed E-state index contributed by atoms with van der Waals surface area (Å²) in [5.41, 5.74) is 1.21. The van der Waals surface area contributed by atoms with Gasteiger partial charge in [-0.05, 0) is 38.2 Å². The van der Waals surface area contributed by atoms with Crippen LogP contribution in [-0.4, -0.2) is 24.3 Å². The quantitative estimate of drug-likeness (QED) is 0.398. The van der Waals surface area contributed by atoms with Crippen molar-refractivity contribution in [3.63, 3.8) is 0 Å². The maximum atomic E-state index is 10.9. The normalized spacial score (nSPS) is 39.5. The molecule has 0 aromatic heterocycles. The lowest BCUT2D eigenvalue weighted by Crippen LogP contribution is -2.31. The van der Waals surface area contributed by atoms with Gasteiger partial charge in [-0.3, -0.25) is 4.79 Å². The second kappa shape index (κ2) is 3.63.